The summed E-state index contributed by atoms with van der Waals surface area (Å²) < 4.78 is 6.55. The van der Waals surface area contributed by atoms with E-state index in [1.807, 2.05) is 13.0 Å². The zero-order valence-electron chi connectivity index (χ0n) is 12.0. The topological polar surface area (TPSA) is 70.1 Å². The summed E-state index contributed by atoms with van der Waals surface area (Å²) in [4.78, 5) is 11.7. The predicted octanol–water partition coefficient (Wildman–Crippen LogP) is 2.36. The Bertz CT molecular complexity index is 685. The number of hydrogen-bond acceptors (Lipinski definition) is 4. The van der Waals surface area contributed by atoms with Crippen LogP contribution in [0, 0.1) is 0 Å². The molecule has 5 nitrogen and oxygen atoms in total. The van der Waals surface area contributed by atoms with E-state index in [9.17, 15) is 4.79 Å². The highest BCUT2D eigenvalue weighted by molar-refractivity contribution is 6.32. The predicted molar refractivity (Wildman–Crippen MR) is 82.8 cm³/mol. The maximum absolute atomic E-state index is 11.7. The van der Waals surface area contributed by atoms with Crippen LogP contribution in [-0.2, 0) is 6.54 Å². The van der Waals surface area contributed by atoms with E-state index in [1.165, 1.54) is 10.7 Å². The van der Waals surface area contributed by atoms with Crippen molar-refractivity contribution < 1.29 is 4.74 Å². The number of aromatic nitrogens is 2. The number of nitrogens with zero attached hydrogens (tertiary/aromatic N) is 2. The summed E-state index contributed by atoms with van der Waals surface area (Å²) in [5.41, 5.74) is 7.53. The van der Waals surface area contributed by atoms with Crippen molar-refractivity contribution in [3.63, 3.8) is 0 Å². The fraction of sp³-hybridized carbons (Fsp3) is 0.333. The summed E-state index contributed by atoms with van der Waals surface area (Å²) in [6.45, 7) is 2.56. The van der Waals surface area contributed by atoms with Gasteiger partial charge in [0.15, 0.2) is 0 Å². The molecule has 0 aliphatic rings. The van der Waals surface area contributed by atoms with Crippen LogP contribution in [0.4, 0.5) is 0 Å². The average molecular weight is 308 g/mol. The smallest absolute Gasteiger partial charge is 0.266 e. The molecule has 112 valence electrons. The monoisotopic (exact) mass is 307 g/mol. The first-order valence-electron chi connectivity index (χ1n) is 6.74. The van der Waals surface area contributed by atoms with Crippen molar-refractivity contribution >= 4 is 11.6 Å². The van der Waals surface area contributed by atoms with E-state index in [2.05, 4.69) is 5.10 Å². The van der Waals surface area contributed by atoms with Gasteiger partial charge < -0.3 is 10.5 Å². The van der Waals surface area contributed by atoms with Crippen LogP contribution in [0.2, 0.25) is 5.02 Å². The Morgan fingerprint density at radius 1 is 1.38 bits per heavy atom. The van der Waals surface area contributed by atoms with Gasteiger partial charge in [-0.25, -0.2) is 4.68 Å². The lowest BCUT2D eigenvalue weighted by Crippen LogP contribution is -2.25. The standard InChI is InChI=1S/C15H18ClN3O2/c1-3-8-19-14(20)7-5-12(18-19)15(17)10-4-6-13(21-2)11(16)9-10/h4-7,9,15H,3,8,17H2,1-2H3. The van der Waals surface area contributed by atoms with Gasteiger partial charge in [0.05, 0.1) is 23.9 Å². The van der Waals surface area contributed by atoms with Crippen LogP contribution in [0.3, 0.4) is 0 Å². The fourth-order valence-corrected chi connectivity index (χ4v) is 2.32. The van der Waals surface area contributed by atoms with Gasteiger partial charge in [0.1, 0.15) is 5.75 Å². The molecule has 6 heteroatoms. The van der Waals surface area contributed by atoms with Gasteiger partial charge in [0.2, 0.25) is 0 Å². The van der Waals surface area contributed by atoms with Crippen LogP contribution >= 0.6 is 11.6 Å². The van der Waals surface area contributed by atoms with E-state index in [4.69, 9.17) is 22.1 Å². The highest BCUT2D eigenvalue weighted by Crippen LogP contribution is 2.28. The van der Waals surface area contributed by atoms with E-state index < -0.39 is 6.04 Å². The van der Waals surface area contributed by atoms with Crippen LogP contribution in [0.25, 0.3) is 0 Å². The highest BCUT2D eigenvalue weighted by Gasteiger charge is 2.14. The average Bonchev–Trinajstić information content (AvgIpc) is 2.49. The third kappa shape index (κ3) is 3.43. The summed E-state index contributed by atoms with van der Waals surface area (Å²) in [6.07, 6.45) is 0.833. The van der Waals surface area contributed by atoms with Gasteiger partial charge in [-0.3, -0.25) is 4.79 Å². The van der Waals surface area contributed by atoms with Crippen LogP contribution in [0.1, 0.15) is 30.6 Å². The Morgan fingerprint density at radius 2 is 2.14 bits per heavy atom. The van der Waals surface area contributed by atoms with Gasteiger partial charge in [-0.05, 0) is 30.2 Å². The minimum absolute atomic E-state index is 0.124. The first kappa shape index (κ1) is 15.5. The third-order valence-corrected chi connectivity index (χ3v) is 3.47. The molecule has 1 heterocycles. The number of benzene rings is 1. The summed E-state index contributed by atoms with van der Waals surface area (Å²) in [7, 11) is 1.56. The Balaban J connectivity index is 2.35. The van der Waals surface area contributed by atoms with Crippen molar-refractivity contribution in [1.82, 2.24) is 9.78 Å². The van der Waals surface area contributed by atoms with Crippen LogP contribution in [-0.4, -0.2) is 16.9 Å². The molecule has 0 aliphatic heterocycles. The second kappa shape index (κ2) is 6.74. The number of hydrogen-bond donors (Lipinski definition) is 1. The molecule has 21 heavy (non-hydrogen) atoms. The molecule has 0 saturated heterocycles. The lowest BCUT2D eigenvalue weighted by Gasteiger charge is -2.14. The number of methoxy groups -OCH3 is 1. The van der Waals surface area contributed by atoms with Crippen molar-refractivity contribution in [3.05, 3.63) is 57.0 Å². The minimum Gasteiger partial charge on any atom is -0.495 e. The molecule has 2 N–H and O–H groups in total. The normalized spacial score (nSPS) is 12.2. The maximum Gasteiger partial charge on any atom is 0.266 e. The molecule has 0 saturated carbocycles. The summed E-state index contributed by atoms with van der Waals surface area (Å²) in [6, 6.07) is 8.05. The summed E-state index contributed by atoms with van der Waals surface area (Å²) in [5, 5.41) is 4.81. The second-order valence-electron chi connectivity index (χ2n) is 4.69. The molecule has 1 aromatic heterocycles. The fourth-order valence-electron chi connectivity index (χ4n) is 2.05. The maximum atomic E-state index is 11.7. The molecule has 0 fully saturated rings. The van der Waals surface area contributed by atoms with Gasteiger partial charge in [-0.1, -0.05) is 24.6 Å². The lowest BCUT2D eigenvalue weighted by atomic mass is 10.0. The largest absolute Gasteiger partial charge is 0.495 e. The number of nitrogens with two attached hydrogens (primary N) is 1. The number of rotatable bonds is 5. The van der Waals surface area contributed by atoms with Gasteiger partial charge in [-0.2, -0.15) is 5.10 Å². The van der Waals surface area contributed by atoms with Gasteiger partial charge in [0, 0.05) is 12.6 Å². The number of aryl methyl sites for hydroxylation is 1. The zero-order chi connectivity index (χ0) is 15.4. The molecular weight excluding hydrogens is 290 g/mol. The molecule has 2 aromatic rings. The quantitative estimate of drug-likeness (QED) is 0.920. The molecule has 1 aromatic carbocycles. The van der Waals surface area contributed by atoms with Crippen LogP contribution < -0.4 is 16.0 Å². The first-order chi connectivity index (χ1) is 10.1. The molecule has 1 atom stereocenters. The molecule has 1 unspecified atom stereocenters. The zero-order valence-corrected chi connectivity index (χ0v) is 12.8. The molecule has 0 radical (unpaired) electrons. The SMILES string of the molecule is CCCn1nc(C(N)c2ccc(OC)c(Cl)c2)ccc1=O. The van der Waals surface area contributed by atoms with Crippen LogP contribution in [0.15, 0.2) is 35.1 Å². The van der Waals surface area contributed by atoms with Crippen molar-refractivity contribution in [2.45, 2.75) is 25.9 Å². The molecule has 0 amide bonds. The van der Waals surface area contributed by atoms with E-state index in [-0.39, 0.29) is 5.56 Å². The Morgan fingerprint density at radius 3 is 2.76 bits per heavy atom. The van der Waals surface area contributed by atoms with E-state index in [0.717, 1.165) is 12.0 Å². The number of halogens is 1. The Labute approximate surface area is 128 Å². The van der Waals surface area contributed by atoms with Crippen molar-refractivity contribution in [2.75, 3.05) is 7.11 Å². The molecular formula is C15H18ClN3O2. The van der Waals surface area contributed by atoms with Gasteiger partial charge in [-0.15, -0.1) is 0 Å². The van der Waals surface area contributed by atoms with Crippen LogP contribution in [0.5, 0.6) is 5.75 Å². The Kier molecular flexibility index (Phi) is 4.98. The van der Waals surface area contributed by atoms with E-state index >= 15 is 0 Å². The second-order valence-corrected chi connectivity index (χ2v) is 5.10. The third-order valence-electron chi connectivity index (χ3n) is 3.18. The van der Waals surface area contributed by atoms with E-state index in [0.29, 0.717) is 23.0 Å². The molecule has 0 aliphatic carbocycles. The number of ether oxygens (including phenoxy) is 1. The molecule has 0 bridgehead atoms. The summed E-state index contributed by atoms with van der Waals surface area (Å²) >= 11 is 6.11. The highest BCUT2D eigenvalue weighted by atomic mass is 35.5. The molecule has 0 spiro atoms. The summed E-state index contributed by atoms with van der Waals surface area (Å²) in [5.74, 6) is 0.594. The minimum atomic E-state index is -0.447. The van der Waals surface area contributed by atoms with Gasteiger partial charge >= 0.3 is 0 Å². The Hall–Kier alpha value is -1.85. The van der Waals surface area contributed by atoms with Crippen molar-refractivity contribution in [2.24, 2.45) is 5.73 Å². The van der Waals surface area contributed by atoms with Crippen molar-refractivity contribution in [3.8, 4) is 5.75 Å². The van der Waals surface area contributed by atoms with Crippen molar-refractivity contribution in [1.29, 1.82) is 0 Å². The van der Waals surface area contributed by atoms with Gasteiger partial charge in [0.25, 0.3) is 5.56 Å². The first-order valence-corrected chi connectivity index (χ1v) is 7.11. The van der Waals surface area contributed by atoms with E-state index in [1.54, 1.807) is 25.3 Å². The molecule has 2 rings (SSSR count). The lowest BCUT2D eigenvalue weighted by molar-refractivity contribution is 0.415.